The Bertz CT molecular complexity index is 307. The van der Waals surface area contributed by atoms with E-state index in [-0.39, 0.29) is 0 Å². The van der Waals surface area contributed by atoms with E-state index in [4.69, 9.17) is 0 Å². The van der Waals surface area contributed by atoms with Gasteiger partial charge in [0, 0.05) is 19.6 Å². The summed E-state index contributed by atoms with van der Waals surface area (Å²) in [6, 6.07) is 8.51. The third kappa shape index (κ3) is 1.84. The van der Waals surface area contributed by atoms with E-state index in [0.29, 0.717) is 0 Å². The van der Waals surface area contributed by atoms with Gasteiger partial charge in [0.05, 0.1) is 11.4 Å². The van der Waals surface area contributed by atoms with Crippen LogP contribution in [0.1, 0.15) is 13.8 Å². The van der Waals surface area contributed by atoms with E-state index in [1.807, 2.05) is 0 Å². The minimum absolute atomic E-state index is 1.05. The van der Waals surface area contributed by atoms with E-state index in [0.717, 1.165) is 19.6 Å². The van der Waals surface area contributed by atoms with Crippen LogP contribution in [0.2, 0.25) is 0 Å². The molecule has 0 spiro atoms. The van der Waals surface area contributed by atoms with E-state index in [2.05, 4.69) is 48.3 Å². The minimum atomic E-state index is 1.05. The number of nitrogens with zero attached hydrogens (tertiary/aromatic N) is 1. The topological polar surface area (TPSA) is 15.3 Å². The van der Waals surface area contributed by atoms with Gasteiger partial charge < -0.3 is 10.2 Å². The summed E-state index contributed by atoms with van der Waals surface area (Å²) in [5.74, 6) is 1.46. The molecule has 0 fully saturated rings. The summed E-state index contributed by atoms with van der Waals surface area (Å²) < 4.78 is 0. The summed E-state index contributed by atoms with van der Waals surface area (Å²) in [7, 11) is 0. The van der Waals surface area contributed by atoms with E-state index in [1.165, 1.54) is 17.3 Å². The molecule has 1 radical (unpaired) electrons. The van der Waals surface area contributed by atoms with Crippen molar-refractivity contribution in [1.29, 1.82) is 0 Å². The molecule has 1 aliphatic rings. The molecule has 2 rings (SSSR count). The number of anilines is 2. The van der Waals surface area contributed by atoms with Crippen LogP contribution < -0.4 is 10.2 Å². The van der Waals surface area contributed by atoms with Crippen LogP contribution in [-0.4, -0.2) is 19.6 Å². The first-order chi connectivity index (χ1) is 6.77. The predicted molar refractivity (Wildman–Crippen MR) is 61.7 cm³/mol. The van der Waals surface area contributed by atoms with Crippen molar-refractivity contribution in [2.24, 2.45) is 0 Å². The molecule has 0 saturated heterocycles. The summed E-state index contributed by atoms with van der Waals surface area (Å²) in [6.07, 6.45) is 0. The van der Waals surface area contributed by atoms with Gasteiger partial charge in [-0.3, -0.25) is 0 Å². The van der Waals surface area contributed by atoms with Crippen LogP contribution in [0.25, 0.3) is 0 Å². The summed E-state index contributed by atoms with van der Waals surface area (Å²) in [5.41, 5.74) is 2.60. The summed E-state index contributed by atoms with van der Waals surface area (Å²) in [5, 5.41) is 3.41. The molecule has 2 heteroatoms. The van der Waals surface area contributed by atoms with Crippen LogP contribution in [0.4, 0.5) is 11.4 Å². The maximum atomic E-state index is 3.41. The highest BCUT2D eigenvalue weighted by Gasteiger charge is 2.15. The van der Waals surface area contributed by atoms with Gasteiger partial charge in [0.25, 0.3) is 0 Å². The molecule has 1 aliphatic heterocycles. The summed E-state index contributed by atoms with van der Waals surface area (Å²) >= 11 is 0. The molecule has 0 saturated carbocycles. The molecule has 0 atom stereocenters. The largest absolute Gasteiger partial charge is 0.382 e. The highest BCUT2D eigenvalue weighted by atomic mass is 15.2. The molecule has 0 aliphatic carbocycles. The van der Waals surface area contributed by atoms with Gasteiger partial charge in [0.1, 0.15) is 0 Å². The monoisotopic (exact) mass is 189 g/mol. The Labute approximate surface area is 85.9 Å². The number of fused-ring (bicyclic) bond motifs is 1. The first-order valence-electron chi connectivity index (χ1n) is 5.14. The normalized spacial score (nSPS) is 15.2. The second-order valence-corrected chi connectivity index (χ2v) is 4.07. The maximum absolute atomic E-state index is 3.41. The van der Waals surface area contributed by atoms with Crippen LogP contribution in [0.5, 0.6) is 0 Å². The number of hydrogen-bond acceptors (Lipinski definition) is 2. The minimum Gasteiger partial charge on any atom is -0.382 e. The fraction of sp³-hybridized carbons (Fsp3) is 0.417. The van der Waals surface area contributed by atoms with Crippen LogP contribution in [-0.2, 0) is 0 Å². The highest BCUT2D eigenvalue weighted by Crippen LogP contribution is 2.28. The smallest absolute Gasteiger partial charge is 0.0602 e. The molecule has 75 valence electrons. The van der Waals surface area contributed by atoms with E-state index >= 15 is 0 Å². The number of rotatable bonds is 2. The molecule has 0 amide bonds. The Balaban J connectivity index is 2.22. The lowest BCUT2D eigenvalue weighted by atomic mass is 10.1. The molecular formula is C12H17N2. The molecule has 1 N–H and O–H groups in total. The van der Waals surface area contributed by atoms with E-state index in [1.54, 1.807) is 0 Å². The Kier molecular flexibility index (Phi) is 2.62. The van der Waals surface area contributed by atoms with Crippen molar-refractivity contribution >= 4 is 11.4 Å². The lowest BCUT2D eigenvalue weighted by Gasteiger charge is -2.33. The second-order valence-electron chi connectivity index (χ2n) is 4.07. The van der Waals surface area contributed by atoms with Crippen molar-refractivity contribution < 1.29 is 0 Å². The number of para-hydroxylation sites is 2. The Hall–Kier alpha value is -1.18. The van der Waals surface area contributed by atoms with Crippen LogP contribution in [0.3, 0.4) is 0 Å². The van der Waals surface area contributed by atoms with Crippen LogP contribution in [0.15, 0.2) is 24.3 Å². The fourth-order valence-electron chi connectivity index (χ4n) is 1.89. The Morgan fingerprint density at radius 1 is 1.36 bits per heavy atom. The fourth-order valence-corrected chi connectivity index (χ4v) is 1.89. The van der Waals surface area contributed by atoms with Crippen molar-refractivity contribution in [3.8, 4) is 0 Å². The van der Waals surface area contributed by atoms with Crippen molar-refractivity contribution in [2.75, 3.05) is 29.9 Å². The van der Waals surface area contributed by atoms with Crippen molar-refractivity contribution in [1.82, 2.24) is 0 Å². The standard InChI is InChI=1S/C12H17N2/c1-10(2)9-14-8-7-13-11-5-3-4-6-12(11)14/h3-6,13H,7-9H2,1-2H3. The van der Waals surface area contributed by atoms with E-state index < -0.39 is 0 Å². The zero-order valence-corrected chi connectivity index (χ0v) is 8.88. The molecule has 0 aromatic heterocycles. The molecule has 0 bridgehead atoms. The molecule has 2 nitrogen and oxygen atoms in total. The van der Waals surface area contributed by atoms with Crippen molar-refractivity contribution in [3.63, 3.8) is 0 Å². The first-order valence-corrected chi connectivity index (χ1v) is 5.14. The van der Waals surface area contributed by atoms with Crippen LogP contribution >= 0.6 is 0 Å². The maximum Gasteiger partial charge on any atom is 0.0602 e. The van der Waals surface area contributed by atoms with Gasteiger partial charge in [-0.15, -0.1) is 0 Å². The van der Waals surface area contributed by atoms with Crippen molar-refractivity contribution in [2.45, 2.75) is 13.8 Å². The molecule has 1 aromatic carbocycles. The predicted octanol–water partition coefficient (Wildman–Crippen LogP) is 2.53. The van der Waals surface area contributed by atoms with Gasteiger partial charge in [-0.05, 0) is 18.1 Å². The van der Waals surface area contributed by atoms with Gasteiger partial charge in [0.2, 0.25) is 0 Å². The molecule has 0 unspecified atom stereocenters. The average molecular weight is 189 g/mol. The molecular weight excluding hydrogens is 172 g/mol. The quantitative estimate of drug-likeness (QED) is 0.769. The molecule has 14 heavy (non-hydrogen) atoms. The third-order valence-electron chi connectivity index (χ3n) is 2.45. The lowest BCUT2D eigenvalue weighted by Crippen LogP contribution is -2.35. The first kappa shape index (κ1) is 9.38. The van der Waals surface area contributed by atoms with Gasteiger partial charge in [0.15, 0.2) is 0 Å². The van der Waals surface area contributed by atoms with Gasteiger partial charge in [-0.25, -0.2) is 0 Å². The number of hydrogen-bond donors (Lipinski definition) is 1. The highest BCUT2D eigenvalue weighted by molar-refractivity contribution is 5.72. The van der Waals surface area contributed by atoms with Crippen molar-refractivity contribution in [3.05, 3.63) is 30.2 Å². The molecule has 1 aromatic rings. The number of nitrogens with one attached hydrogen (secondary N) is 1. The molecule has 1 heterocycles. The second kappa shape index (κ2) is 3.91. The summed E-state index contributed by atoms with van der Waals surface area (Å²) in [6.45, 7) is 7.58. The zero-order valence-electron chi connectivity index (χ0n) is 8.88. The average Bonchev–Trinajstić information content (AvgIpc) is 2.18. The summed E-state index contributed by atoms with van der Waals surface area (Å²) in [4.78, 5) is 2.43. The SMILES string of the molecule is C[C](C)CN1CCNc2ccccc21. The van der Waals surface area contributed by atoms with E-state index in [9.17, 15) is 0 Å². The van der Waals surface area contributed by atoms with Gasteiger partial charge in [-0.2, -0.15) is 0 Å². The van der Waals surface area contributed by atoms with Gasteiger partial charge >= 0.3 is 0 Å². The lowest BCUT2D eigenvalue weighted by molar-refractivity contribution is 0.780. The Morgan fingerprint density at radius 2 is 2.14 bits per heavy atom. The Morgan fingerprint density at radius 3 is 2.93 bits per heavy atom. The number of benzene rings is 1. The van der Waals surface area contributed by atoms with Gasteiger partial charge in [-0.1, -0.05) is 26.0 Å². The third-order valence-corrected chi connectivity index (χ3v) is 2.45. The van der Waals surface area contributed by atoms with Crippen LogP contribution in [0, 0.1) is 5.92 Å². The zero-order chi connectivity index (χ0) is 9.97.